The van der Waals surface area contributed by atoms with Gasteiger partial charge in [-0.05, 0) is 64.7 Å². The quantitative estimate of drug-likeness (QED) is 0.792. The number of rotatable bonds is 2. The van der Waals surface area contributed by atoms with Gasteiger partial charge in [-0.2, -0.15) is 0 Å². The summed E-state index contributed by atoms with van der Waals surface area (Å²) in [5.74, 6) is -1.01. The van der Waals surface area contributed by atoms with Crippen LogP contribution in [-0.2, 0) is 9.53 Å². The molecule has 1 saturated heterocycles. The van der Waals surface area contributed by atoms with E-state index in [-0.39, 0.29) is 12.0 Å². The van der Waals surface area contributed by atoms with Gasteiger partial charge >= 0.3 is 12.1 Å². The van der Waals surface area contributed by atoms with Gasteiger partial charge in [0, 0.05) is 13.1 Å². The third kappa shape index (κ3) is 4.10. The number of piperidine rings is 1. The summed E-state index contributed by atoms with van der Waals surface area (Å²) >= 11 is 0. The average molecular weight is 355 g/mol. The number of carbonyl (C=O) groups excluding carboxylic acids is 1. The first-order valence-corrected chi connectivity index (χ1v) is 9.24. The van der Waals surface area contributed by atoms with Gasteiger partial charge in [0.05, 0.1) is 5.60 Å². The van der Waals surface area contributed by atoms with Gasteiger partial charge in [0.15, 0.2) is 0 Å². The van der Waals surface area contributed by atoms with E-state index in [4.69, 9.17) is 4.74 Å². The highest BCUT2D eigenvalue weighted by Gasteiger charge is 2.59. The molecule has 6 nitrogen and oxygen atoms in total. The van der Waals surface area contributed by atoms with Crippen molar-refractivity contribution in [3.05, 3.63) is 0 Å². The number of carbonyl (C=O) groups is 2. The summed E-state index contributed by atoms with van der Waals surface area (Å²) in [5, 5.41) is 21.4. The first-order valence-electron chi connectivity index (χ1n) is 9.24. The van der Waals surface area contributed by atoms with Crippen LogP contribution < -0.4 is 0 Å². The van der Waals surface area contributed by atoms with Crippen molar-refractivity contribution >= 4 is 12.1 Å². The van der Waals surface area contributed by atoms with Crippen molar-refractivity contribution in [3.8, 4) is 0 Å². The minimum absolute atomic E-state index is 0.00811. The van der Waals surface area contributed by atoms with Crippen LogP contribution in [0.4, 0.5) is 4.79 Å². The van der Waals surface area contributed by atoms with Crippen LogP contribution >= 0.6 is 0 Å². The molecular weight excluding hydrogens is 322 g/mol. The molecule has 0 aromatic carbocycles. The Labute approximate surface area is 150 Å². The molecule has 0 radical (unpaired) electrons. The second kappa shape index (κ2) is 6.45. The first kappa shape index (κ1) is 20.0. The summed E-state index contributed by atoms with van der Waals surface area (Å²) in [6.07, 6.45) is 2.91. The van der Waals surface area contributed by atoms with Gasteiger partial charge in [0.2, 0.25) is 0 Å². The molecule has 1 amide bonds. The van der Waals surface area contributed by atoms with Crippen LogP contribution in [0.25, 0.3) is 0 Å². The second-order valence-corrected chi connectivity index (χ2v) is 9.59. The molecule has 1 atom stereocenters. The van der Waals surface area contributed by atoms with Crippen LogP contribution in [0, 0.1) is 10.8 Å². The Hall–Kier alpha value is -1.30. The fourth-order valence-corrected chi connectivity index (χ4v) is 4.11. The molecule has 2 aliphatic rings. The lowest BCUT2D eigenvalue weighted by Gasteiger charge is -2.53. The highest BCUT2D eigenvalue weighted by molar-refractivity contribution is 5.78. The number of likely N-dealkylation sites (tertiary alicyclic amines) is 1. The Balaban J connectivity index is 2.24. The number of nitrogens with zero attached hydrogens (tertiary/aromatic N) is 1. The summed E-state index contributed by atoms with van der Waals surface area (Å²) < 4.78 is 5.42. The average Bonchev–Trinajstić information content (AvgIpc) is 2.48. The Morgan fingerprint density at radius 3 is 2.08 bits per heavy atom. The minimum Gasteiger partial charge on any atom is -0.481 e. The van der Waals surface area contributed by atoms with Crippen molar-refractivity contribution in [1.29, 1.82) is 0 Å². The molecule has 1 aliphatic carbocycles. The summed E-state index contributed by atoms with van der Waals surface area (Å²) in [6.45, 7) is 10.1. The minimum atomic E-state index is -1.32. The maximum atomic E-state index is 12.4. The zero-order valence-electron chi connectivity index (χ0n) is 16.2. The fraction of sp³-hybridized carbons (Fsp3) is 0.895. The third-order valence-electron chi connectivity index (χ3n) is 5.87. The molecular formula is C19H33NO5. The number of aliphatic carboxylic acids is 1. The largest absolute Gasteiger partial charge is 0.481 e. The molecule has 2 fully saturated rings. The van der Waals surface area contributed by atoms with Gasteiger partial charge in [-0.25, -0.2) is 4.79 Å². The molecule has 2 N–H and O–H groups in total. The van der Waals surface area contributed by atoms with E-state index in [0.717, 1.165) is 12.8 Å². The van der Waals surface area contributed by atoms with Crippen LogP contribution in [0.15, 0.2) is 0 Å². The van der Waals surface area contributed by atoms with Gasteiger partial charge in [0.25, 0.3) is 0 Å². The molecule has 1 aliphatic heterocycles. The Bertz CT molecular complexity index is 526. The highest BCUT2D eigenvalue weighted by Crippen LogP contribution is 2.51. The van der Waals surface area contributed by atoms with E-state index in [1.165, 1.54) is 4.90 Å². The zero-order valence-corrected chi connectivity index (χ0v) is 16.2. The molecule has 0 aromatic rings. The Morgan fingerprint density at radius 2 is 1.60 bits per heavy atom. The van der Waals surface area contributed by atoms with Crippen molar-refractivity contribution in [1.82, 2.24) is 4.90 Å². The summed E-state index contributed by atoms with van der Waals surface area (Å²) in [7, 11) is 0. The molecule has 0 spiro atoms. The molecule has 25 heavy (non-hydrogen) atoms. The number of ether oxygens (including phenoxy) is 1. The van der Waals surface area contributed by atoms with Crippen molar-refractivity contribution in [2.75, 3.05) is 13.1 Å². The van der Waals surface area contributed by atoms with Crippen LogP contribution in [0.1, 0.15) is 73.1 Å². The zero-order chi connectivity index (χ0) is 19.1. The highest BCUT2D eigenvalue weighted by atomic mass is 16.6. The SMILES string of the molecule is CC1(C)CCC(O)(C2(C(=O)O)CCCN(C(=O)OC(C)(C)C)C2)CC1. The lowest BCUT2D eigenvalue weighted by atomic mass is 9.58. The lowest BCUT2D eigenvalue weighted by molar-refractivity contribution is -0.188. The van der Waals surface area contributed by atoms with Gasteiger partial charge in [0.1, 0.15) is 11.0 Å². The molecule has 1 unspecified atom stereocenters. The predicted octanol–water partition coefficient (Wildman–Crippen LogP) is 3.42. The van der Waals surface area contributed by atoms with Crippen LogP contribution in [0.5, 0.6) is 0 Å². The van der Waals surface area contributed by atoms with Gasteiger partial charge in [-0.1, -0.05) is 13.8 Å². The van der Waals surface area contributed by atoms with Crippen molar-refractivity contribution < 1.29 is 24.5 Å². The topological polar surface area (TPSA) is 87.1 Å². The van der Waals surface area contributed by atoms with E-state index in [2.05, 4.69) is 13.8 Å². The number of hydrogen-bond donors (Lipinski definition) is 2. The summed E-state index contributed by atoms with van der Waals surface area (Å²) in [6, 6.07) is 0. The summed E-state index contributed by atoms with van der Waals surface area (Å²) in [4.78, 5) is 26.2. The van der Waals surface area contributed by atoms with E-state index in [1.807, 2.05) is 0 Å². The number of aliphatic hydroxyl groups is 1. The number of amides is 1. The second-order valence-electron chi connectivity index (χ2n) is 9.59. The number of hydrogen-bond acceptors (Lipinski definition) is 4. The predicted molar refractivity (Wildman–Crippen MR) is 94.3 cm³/mol. The molecule has 0 bridgehead atoms. The van der Waals surface area contributed by atoms with Gasteiger partial charge in [-0.3, -0.25) is 4.79 Å². The molecule has 144 valence electrons. The lowest BCUT2D eigenvalue weighted by Crippen LogP contribution is -2.63. The smallest absolute Gasteiger partial charge is 0.410 e. The third-order valence-corrected chi connectivity index (χ3v) is 5.87. The van der Waals surface area contributed by atoms with Crippen molar-refractivity contribution in [2.45, 2.75) is 84.3 Å². The van der Waals surface area contributed by atoms with E-state index < -0.39 is 28.7 Å². The monoisotopic (exact) mass is 355 g/mol. The molecule has 1 saturated carbocycles. The number of carboxylic acid groups (broad SMARTS) is 1. The number of carboxylic acids is 1. The van der Waals surface area contributed by atoms with E-state index in [9.17, 15) is 19.8 Å². The van der Waals surface area contributed by atoms with E-state index in [1.54, 1.807) is 20.8 Å². The van der Waals surface area contributed by atoms with Crippen molar-refractivity contribution in [3.63, 3.8) is 0 Å². The summed E-state index contributed by atoms with van der Waals surface area (Å²) in [5.41, 5.74) is -3.12. The van der Waals surface area contributed by atoms with Gasteiger partial charge < -0.3 is 19.8 Å². The molecule has 1 heterocycles. The van der Waals surface area contributed by atoms with Crippen LogP contribution in [0.3, 0.4) is 0 Å². The molecule has 2 rings (SSSR count). The molecule has 0 aromatic heterocycles. The normalized spacial score (nSPS) is 29.1. The van der Waals surface area contributed by atoms with Crippen LogP contribution in [0.2, 0.25) is 0 Å². The first-order chi connectivity index (χ1) is 11.3. The molecule has 6 heteroatoms. The van der Waals surface area contributed by atoms with E-state index in [0.29, 0.717) is 32.2 Å². The Kier molecular flexibility index (Phi) is 5.17. The standard InChI is InChI=1S/C19H33NO5/c1-16(2,3)25-15(23)20-12-6-7-18(13-20,14(21)22)19(24)10-8-17(4,5)9-11-19/h24H,6-13H2,1-5H3,(H,21,22). The maximum Gasteiger partial charge on any atom is 0.410 e. The van der Waals surface area contributed by atoms with Gasteiger partial charge in [-0.15, -0.1) is 0 Å². The fourth-order valence-electron chi connectivity index (χ4n) is 4.11. The van der Waals surface area contributed by atoms with E-state index >= 15 is 0 Å². The Morgan fingerprint density at radius 1 is 1.04 bits per heavy atom. The maximum absolute atomic E-state index is 12.4. The van der Waals surface area contributed by atoms with Crippen LogP contribution in [-0.4, -0.2) is 51.5 Å². The van der Waals surface area contributed by atoms with Crippen molar-refractivity contribution in [2.24, 2.45) is 10.8 Å².